The molecule has 10 nitrogen and oxygen atoms in total. The number of carbonyl (C=O) groups is 2. The van der Waals surface area contributed by atoms with Gasteiger partial charge in [-0.3, -0.25) is 18.6 Å². The third-order valence-electron chi connectivity index (χ3n) is 6.59. The number of hydrogen-bond acceptors (Lipinski definition) is 9. The Kier molecular flexibility index (Phi) is 29.2. The predicted octanol–water partition coefficient (Wildman–Crippen LogP) is 7.43. The topological polar surface area (TPSA) is 149 Å². The number of allylic oxidation sites excluding steroid dienone is 8. The smallest absolute Gasteiger partial charge is 0.462 e. The quantitative estimate of drug-likeness (QED) is 0.0308. The number of rotatable bonds is 30. The van der Waals surface area contributed by atoms with E-state index in [9.17, 15) is 24.2 Å². The van der Waals surface area contributed by atoms with Gasteiger partial charge in [0.25, 0.3) is 0 Å². The first kappa shape index (κ1) is 42.9. The Morgan fingerprint density at radius 3 is 1.84 bits per heavy atom. The van der Waals surface area contributed by atoms with Crippen molar-refractivity contribution in [3.05, 3.63) is 48.6 Å². The summed E-state index contributed by atoms with van der Waals surface area (Å²) in [6.45, 7) is 2.11. The SMILES string of the molecule is CC/C=C/C=C/C=C/C=C/CCCCCCCC(=O)OC[C@@H](COP(=O)(O)OC[C@H](O)CO)OC(=O)CCCCCCCCC. The van der Waals surface area contributed by atoms with E-state index in [4.69, 9.17) is 19.1 Å². The molecule has 0 heterocycles. The van der Waals surface area contributed by atoms with Crippen molar-refractivity contribution in [2.75, 3.05) is 26.4 Å². The molecular formula is C34H59O10P. The second-order valence-corrected chi connectivity index (χ2v) is 12.4. The highest BCUT2D eigenvalue weighted by Crippen LogP contribution is 2.43. The normalized spacial score (nSPS) is 14.9. The number of unbranched alkanes of at least 4 members (excludes halogenated alkanes) is 11. The third kappa shape index (κ3) is 30.4. The van der Waals surface area contributed by atoms with Gasteiger partial charge in [-0.1, -0.05) is 120 Å². The van der Waals surface area contributed by atoms with Gasteiger partial charge in [0.2, 0.25) is 0 Å². The molecule has 11 heteroatoms. The van der Waals surface area contributed by atoms with E-state index in [1.165, 1.54) is 19.3 Å². The molecule has 0 saturated heterocycles. The molecule has 45 heavy (non-hydrogen) atoms. The summed E-state index contributed by atoms with van der Waals surface area (Å²) in [4.78, 5) is 34.5. The maximum Gasteiger partial charge on any atom is 0.472 e. The summed E-state index contributed by atoms with van der Waals surface area (Å²) in [6, 6.07) is 0. The zero-order valence-electron chi connectivity index (χ0n) is 27.6. The highest BCUT2D eigenvalue weighted by atomic mass is 31.2. The van der Waals surface area contributed by atoms with Gasteiger partial charge in [0.15, 0.2) is 6.10 Å². The van der Waals surface area contributed by atoms with Gasteiger partial charge in [-0.05, 0) is 32.1 Å². The summed E-state index contributed by atoms with van der Waals surface area (Å²) in [5, 5.41) is 18.2. The van der Waals surface area contributed by atoms with Crippen LogP contribution in [0, 0.1) is 0 Å². The van der Waals surface area contributed by atoms with E-state index in [0.29, 0.717) is 12.8 Å². The van der Waals surface area contributed by atoms with Gasteiger partial charge in [0.05, 0.1) is 19.8 Å². The molecule has 0 aliphatic rings. The average molecular weight is 659 g/mol. The highest BCUT2D eigenvalue weighted by Gasteiger charge is 2.27. The number of aliphatic hydroxyl groups is 2. The molecule has 0 rings (SSSR count). The van der Waals surface area contributed by atoms with Crippen LogP contribution in [0.5, 0.6) is 0 Å². The van der Waals surface area contributed by atoms with Crippen LogP contribution in [-0.2, 0) is 32.7 Å². The molecule has 0 fully saturated rings. The minimum Gasteiger partial charge on any atom is -0.462 e. The summed E-state index contributed by atoms with van der Waals surface area (Å²) in [7, 11) is -4.61. The number of phosphoric ester groups is 1. The van der Waals surface area contributed by atoms with E-state index in [2.05, 4.69) is 30.5 Å². The molecule has 0 aliphatic heterocycles. The van der Waals surface area contributed by atoms with E-state index in [1.807, 2.05) is 36.5 Å². The van der Waals surface area contributed by atoms with Crippen molar-refractivity contribution in [3.8, 4) is 0 Å². The Morgan fingerprint density at radius 1 is 0.689 bits per heavy atom. The minimum absolute atomic E-state index is 0.176. The van der Waals surface area contributed by atoms with Gasteiger partial charge in [0.1, 0.15) is 12.7 Å². The zero-order chi connectivity index (χ0) is 33.4. The summed E-state index contributed by atoms with van der Waals surface area (Å²) < 4.78 is 32.3. The lowest BCUT2D eigenvalue weighted by atomic mass is 10.1. The predicted molar refractivity (Wildman–Crippen MR) is 177 cm³/mol. The van der Waals surface area contributed by atoms with E-state index in [0.717, 1.165) is 57.8 Å². The summed E-state index contributed by atoms with van der Waals surface area (Å²) in [6.07, 6.45) is 28.3. The zero-order valence-corrected chi connectivity index (χ0v) is 28.5. The largest absolute Gasteiger partial charge is 0.472 e. The molecule has 0 saturated carbocycles. The highest BCUT2D eigenvalue weighted by molar-refractivity contribution is 7.47. The molecule has 0 spiro atoms. The van der Waals surface area contributed by atoms with Crippen molar-refractivity contribution in [1.29, 1.82) is 0 Å². The molecular weight excluding hydrogens is 599 g/mol. The molecule has 0 bridgehead atoms. The minimum atomic E-state index is -4.61. The van der Waals surface area contributed by atoms with Crippen LogP contribution in [0.15, 0.2) is 48.6 Å². The fourth-order valence-electron chi connectivity index (χ4n) is 4.00. The molecule has 0 aromatic rings. The molecule has 0 amide bonds. The van der Waals surface area contributed by atoms with Crippen LogP contribution in [0.25, 0.3) is 0 Å². The second kappa shape index (κ2) is 30.6. The van der Waals surface area contributed by atoms with E-state index in [-0.39, 0.29) is 19.4 Å². The molecule has 3 atom stereocenters. The molecule has 0 aromatic heterocycles. The van der Waals surface area contributed by atoms with Gasteiger partial charge in [-0.2, -0.15) is 0 Å². The van der Waals surface area contributed by atoms with Crippen LogP contribution in [-0.4, -0.2) is 65.7 Å². The Balaban J connectivity index is 4.42. The Labute approximate surface area is 271 Å². The van der Waals surface area contributed by atoms with Crippen molar-refractivity contribution in [2.45, 2.75) is 129 Å². The molecule has 0 radical (unpaired) electrons. The van der Waals surface area contributed by atoms with Crippen molar-refractivity contribution in [1.82, 2.24) is 0 Å². The van der Waals surface area contributed by atoms with Crippen LogP contribution in [0.3, 0.4) is 0 Å². The van der Waals surface area contributed by atoms with E-state index < -0.39 is 51.8 Å². The van der Waals surface area contributed by atoms with Crippen molar-refractivity contribution < 1.29 is 47.8 Å². The molecule has 1 unspecified atom stereocenters. The lowest BCUT2D eigenvalue weighted by molar-refractivity contribution is -0.161. The van der Waals surface area contributed by atoms with Crippen LogP contribution in [0.2, 0.25) is 0 Å². The molecule has 3 N–H and O–H groups in total. The number of carbonyl (C=O) groups excluding carboxylic acids is 2. The van der Waals surface area contributed by atoms with Gasteiger partial charge in [-0.15, -0.1) is 0 Å². The maximum atomic E-state index is 12.4. The van der Waals surface area contributed by atoms with Crippen molar-refractivity contribution in [3.63, 3.8) is 0 Å². The number of esters is 2. The Bertz CT molecular complexity index is 899. The van der Waals surface area contributed by atoms with Crippen LogP contribution >= 0.6 is 7.82 Å². The van der Waals surface area contributed by atoms with E-state index in [1.54, 1.807) is 0 Å². The third-order valence-corrected chi connectivity index (χ3v) is 7.54. The first-order chi connectivity index (χ1) is 21.7. The first-order valence-electron chi connectivity index (χ1n) is 16.6. The fourth-order valence-corrected chi connectivity index (χ4v) is 4.79. The van der Waals surface area contributed by atoms with Crippen molar-refractivity contribution in [2.24, 2.45) is 0 Å². The lowest BCUT2D eigenvalue weighted by Gasteiger charge is -2.20. The van der Waals surface area contributed by atoms with E-state index >= 15 is 0 Å². The van der Waals surface area contributed by atoms with Gasteiger partial charge >= 0.3 is 19.8 Å². The molecule has 0 aliphatic carbocycles. The Hall–Kier alpha value is -2.07. The summed E-state index contributed by atoms with van der Waals surface area (Å²) >= 11 is 0. The average Bonchev–Trinajstić information content (AvgIpc) is 3.02. The van der Waals surface area contributed by atoms with Gasteiger partial charge in [0, 0.05) is 12.8 Å². The summed E-state index contributed by atoms with van der Waals surface area (Å²) in [5.74, 6) is -0.966. The number of phosphoric acid groups is 1. The Morgan fingerprint density at radius 2 is 1.22 bits per heavy atom. The van der Waals surface area contributed by atoms with Crippen LogP contribution in [0.4, 0.5) is 0 Å². The first-order valence-corrected chi connectivity index (χ1v) is 18.1. The van der Waals surface area contributed by atoms with Crippen LogP contribution < -0.4 is 0 Å². The number of ether oxygens (including phenoxy) is 2. The monoisotopic (exact) mass is 658 g/mol. The van der Waals surface area contributed by atoms with Crippen molar-refractivity contribution >= 4 is 19.8 Å². The van der Waals surface area contributed by atoms with Gasteiger partial charge < -0.3 is 24.6 Å². The second-order valence-electron chi connectivity index (χ2n) is 10.9. The number of aliphatic hydroxyl groups excluding tert-OH is 2. The standard InChI is InChI=1S/C34H59O10P/c1-3-5-7-9-11-12-13-14-15-16-17-18-20-21-23-25-33(37)41-29-32(30-43-45(39,40)42-28-31(36)27-35)44-34(38)26-24-22-19-10-8-6-4-2/h5,7,9,11-15,31-32,35-36H,3-4,6,8,10,16-30H2,1-2H3,(H,39,40)/b7-5+,11-9+,13-12+,15-14+/t31-,32+/m1/s1. The maximum absolute atomic E-state index is 12.4. The van der Waals surface area contributed by atoms with Gasteiger partial charge in [-0.25, -0.2) is 4.57 Å². The van der Waals surface area contributed by atoms with Crippen LogP contribution in [0.1, 0.15) is 117 Å². The number of hydrogen-bond donors (Lipinski definition) is 3. The molecule has 260 valence electrons. The lowest BCUT2D eigenvalue weighted by Crippen LogP contribution is -2.29. The summed E-state index contributed by atoms with van der Waals surface area (Å²) in [5.41, 5.74) is 0. The fraction of sp³-hybridized carbons (Fsp3) is 0.706. The molecule has 0 aromatic carbocycles.